The average Bonchev–Trinajstić information content (AvgIpc) is 2.09. The summed E-state index contributed by atoms with van der Waals surface area (Å²) in [6.07, 6.45) is 4.18. The molecule has 1 atom stereocenters. The molecule has 0 nitrogen and oxygen atoms in total. The predicted molar refractivity (Wildman–Crippen MR) is 55.5 cm³/mol. The highest BCUT2D eigenvalue weighted by Crippen LogP contribution is 2.41. The highest BCUT2D eigenvalue weighted by Gasteiger charge is 2.23. The Hall–Kier alpha value is -0.525. The molecule has 0 aromatic carbocycles. The predicted octanol–water partition coefficient (Wildman–Crippen LogP) is 3.71. The lowest BCUT2D eigenvalue weighted by Crippen LogP contribution is -2.12. The van der Waals surface area contributed by atoms with Gasteiger partial charge in [0.2, 0.25) is 0 Å². The van der Waals surface area contributed by atoms with E-state index < -0.39 is 0 Å². The summed E-state index contributed by atoms with van der Waals surface area (Å²) in [6.45, 7) is 5.83. The van der Waals surface area contributed by atoms with E-state index in [0.29, 0.717) is 0 Å². The van der Waals surface area contributed by atoms with Crippen molar-refractivity contribution in [2.75, 3.05) is 0 Å². The summed E-state index contributed by atoms with van der Waals surface area (Å²) in [5.41, 5.74) is 1.88. The highest BCUT2D eigenvalue weighted by molar-refractivity contribution is 6.17. The van der Waals surface area contributed by atoms with Crippen LogP contribution in [0.15, 0.2) is 23.0 Å². The van der Waals surface area contributed by atoms with Crippen molar-refractivity contribution in [2.24, 2.45) is 0 Å². The molecular formula is C11H16BF. The molecule has 0 spiro atoms. The third kappa shape index (κ3) is 2.23. The number of rotatable bonds is 2. The number of hydrogen-bond donors (Lipinski definition) is 0. The molecule has 0 amide bonds. The van der Waals surface area contributed by atoms with E-state index in [0.717, 1.165) is 30.4 Å². The molecule has 0 N–H and O–H groups in total. The topological polar surface area (TPSA) is 0 Å². The average molecular weight is 178 g/mol. The minimum atomic E-state index is -0.335. The van der Waals surface area contributed by atoms with E-state index in [1.807, 2.05) is 20.8 Å². The summed E-state index contributed by atoms with van der Waals surface area (Å²) in [7, 11) is 6.04. The van der Waals surface area contributed by atoms with E-state index in [4.69, 9.17) is 7.85 Å². The molecule has 0 aromatic rings. The zero-order valence-electron chi connectivity index (χ0n) is 8.65. The van der Waals surface area contributed by atoms with Crippen LogP contribution in [0.4, 0.5) is 4.39 Å². The molecule has 2 heteroatoms. The van der Waals surface area contributed by atoms with Crippen LogP contribution in [-0.2, 0) is 0 Å². The molecule has 1 aliphatic carbocycles. The SMILES string of the molecule is [B]C(C)(CC)C1=CC(F)=C(C)CC1. The second-order valence-electron chi connectivity index (χ2n) is 4.07. The van der Waals surface area contributed by atoms with Gasteiger partial charge in [-0.3, -0.25) is 0 Å². The third-order valence-corrected chi connectivity index (χ3v) is 2.95. The summed E-state index contributed by atoms with van der Waals surface area (Å²) in [5, 5.41) is -0.335. The fourth-order valence-corrected chi connectivity index (χ4v) is 1.47. The molecule has 13 heavy (non-hydrogen) atoms. The molecule has 1 rings (SSSR count). The summed E-state index contributed by atoms with van der Waals surface area (Å²) >= 11 is 0. The van der Waals surface area contributed by atoms with Gasteiger partial charge in [0.1, 0.15) is 5.83 Å². The first-order chi connectivity index (χ1) is 5.97. The van der Waals surface area contributed by atoms with E-state index in [2.05, 4.69) is 0 Å². The van der Waals surface area contributed by atoms with Gasteiger partial charge in [-0.15, -0.1) is 0 Å². The molecule has 0 aromatic heterocycles. The van der Waals surface area contributed by atoms with Crippen LogP contribution in [0.25, 0.3) is 0 Å². The second-order valence-corrected chi connectivity index (χ2v) is 4.07. The lowest BCUT2D eigenvalue weighted by atomic mass is 9.61. The largest absolute Gasteiger partial charge is 0.207 e. The summed E-state index contributed by atoms with van der Waals surface area (Å²) in [5.74, 6) is -0.0913. The van der Waals surface area contributed by atoms with Crippen molar-refractivity contribution in [1.82, 2.24) is 0 Å². The molecule has 70 valence electrons. The maximum atomic E-state index is 13.2. The third-order valence-electron chi connectivity index (χ3n) is 2.95. The first kappa shape index (κ1) is 10.6. The van der Waals surface area contributed by atoms with Gasteiger partial charge in [-0.1, -0.05) is 25.8 Å². The Kier molecular flexibility index (Phi) is 3.00. The van der Waals surface area contributed by atoms with Gasteiger partial charge < -0.3 is 0 Å². The molecule has 1 aliphatic rings. The first-order valence-corrected chi connectivity index (χ1v) is 4.82. The van der Waals surface area contributed by atoms with Crippen molar-refractivity contribution in [3.05, 3.63) is 23.0 Å². The molecule has 2 radical (unpaired) electrons. The van der Waals surface area contributed by atoms with Crippen molar-refractivity contribution in [2.45, 2.75) is 45.3 Å². The summed E-state index contributed by atoms with van der Waals surface area (Å²) in [4.78, 5) is 0. The minimum absolute atomic E-state index is 0.0913. The van der Waals surface area contributed by atoms with Crippen LogP contribution < -0.4 is 0 Å². The molecule has 0 fully saturated rings. The molecule has 0 saturated carbocycles. The van der Waals surface area contributed by atoms with Gasteiger partial charge in [-0.05, 0) is 36.7 Å². The Morgan fingerprint density at radius 3 is 2.62 bits per heavy atom. The van der Waals surface area contributed by atoms with Crippen molar-refractivity contribution in [1.29, 1.82) is 0 Å². The molecular weight excluding hydrogens is 162 g/mol. The Bertz CT molecular complexity index is 261. The molecule has 0 saturated heterocycles. The van der Waals surface area contributed by atoms with Crippen LogP contribution in [0.1, 0.15) is 40.0 Å². The zero-order chi connectivity index (χ0) is 10.1. The lowest BCUT2D eigenvalue weighted by Gasteiger charge is -2.29. The monoisotopic (exact) mass is 178 g/mol. The quantitative estimate of drug-likeness (QED) is 0.565. The molecule has 0 heterocycles. The fraction of sp³-hybridized carbons (Fsp3) is 0.636. The van der Waals surface area contributed by atoms with Gasteiger partial charge in [0, 0.05) is 0 Å². The van der Waals surface area contributed by atoms with Crippen LogP contribution in [-0.4, -0.2) is 7.85 Å². The molecule has 0 bridgehead atoms. The Morgan fingerprint density at radius 1 is 1.54 bits per heavy atom. The maximum absolute atomic E-state index is 13.2. The van der Waals surface area contributed by atoms with Crippen molar-refractivity contribution in [3.63, 3.8) is 0 Å². The normalized spacial score (nSPS) is 22.6. The minimum Gasteiger partial charge on any atom is -0.207 e. The van der Waals surface area contributed by atoms with E-state index in [-0.39, 0.29) is 11.1 Å². The van der Waals surface area contributed by atoms with Crippen LogP contribution in [0.5, 0.6) is 0 Å². The van der Waals surface area contributed by atoms with Gasteiger partial charge in [0.15, 0.2) is 0 Å². The van der Waals surface area contributed by atoms with Crippen LogP contribution in [0.3, 0.4) is 0 Å². The zero-order valence-corrected chi connectivity index (χ0v) is 8.65. The maximum Gasteiger partial charge on any atom is 0.122 e. The standard InChI is InChI=1S/C11H16BF/c1-4-11(3,12)9-6-5-8(2)10(13)7-9/h7H,4-6H2,1-3H3. The van der Waals surface area contributed by atoms with Gasteiger partial charge in [0.25, 0.3) is 0 Å². The Balaban J connectivity index is 2.91. The van der Waals surface area contributed by atoms with Crippen LogP contribution >= 0.6 is 0 Å². The smallest absolute Gasteiger partial charge is 0.122 e. The fourth-order valence-electron chi connectivity index (χ4n) is 1.47. The van der Waals surface area contributed by atoms with Crippen molar-refractivity contribution >= 4 is 7.85 Å². The van der Waals surface area contributed by atoms with Gasteiger partial charge in [-0.2, -0.15) is 0 Å². The van der Waals surface area contributed by atoms with E-state index >= 15 is 0 Å². The summed E-state index contributed by atoms with van der Waals surface area (Å²) < 4.78 is 13.2. The summed E-state index contributed by atoms with van der Waals surface area (Å²) in [6, 6.07) is 0. The van der Waals surface area contributed by atoms with Gasteiger partial charge in [-0.25, -0.2) is 4.39 Å². The van der Waals surface area contributed by atoms with Gasteiger partial charge in [0.05, 0.1) is 7.85 Å². The van der Waals surface area contributed by atoms with E-state index in [1.165, 1.54) is 0 Å². The highest BCUT2D eigenvalue weighted by atomic mass is 19.1. The van der Waals surface area contributed by atoms with E-state index in [9.17, 15) is 4.39 Å². The van der Waals surface area contributed by atoms with Crippen LogP contribution in [0, 0.1) is 0 Å². The lowest BCUT2D eigenvalue weighted by molar-refractivity contribution is 0.591. The van der Waals surface area contributed by atoms with Crippen molar-refractivity contribution < 1.29 is 4.39 Å². The molecule has 0 aliphatic heterocycles. The Morgan fingerprint density at radius 2 is 2.15 bits per heavy atom. The van der Waals surface area contributed by atoms with E-state index in [1.54, 1.807) is 6.08 Å². The second kappa shape index (κ2) is 3.69. The van der Waals surface area contributed by atoms with Crippen LogP contribution in [0.2, 0.25) is 5.31 Å². The number of hydrogen-bond acceptors (Lipinski definition) is 0. The Labute approximate surface area is 81.3 Å². The van der Waals surface area contributed by atoms with Crippen molar-refractivity contribution in [3.8, 4) is 0 Å². The molecule has 1 unspecified atom stereocenters. The number of halogens is 1. The number of allylic oxidation sites excluding steroid dienone is 4. The first-order valence-electron chi connectivity index (χ1n) is 4.82. The van der Waals surface area contributed by atoms with Gasteiger partial charge >= 0.3 is 0 Å².